The third-order valence-electron chi connectivity index (χ3n) is 6.73. The Morgan fingerprint density at radius 2 is 1.91 bits per heavy atom. The molecule has 2 aliphatic rings. The Morgan fingerprint density at radius 1 is 1.18 bits per heavy atom. The highest BCUT2D eigenvalue weighted by molar-refractivity contribution is 9.10. The molecule has 1 fully saturated rings. The molecule has 0 saturated carbocycles. The largest absolute Gasteiger partial charge is 0.352 e. The van der Waals surface area contributed by atoms with Gasteiger partial charge in [0.1, 0.15) is 16.5 Å². The lowest BCUT2D eigenvalue weighted by Crippen LogP contribution is -2.50. The van der Waals surface area contributed by atoms with Crippen LogP contribution in [0.15, 0.2) is 28.7 Å². The summed E-state index contributed by atoms with van der Waals surface area (Å²) in [6.07, 6.45) is 4.39. The van der Waals surface area contributed by atoms with Gasteiger partial charge in [-0.15, -0.1) is 11.3 Å². The second kappa shape index (κ2) is 9.82. The van der Waals surface area contributed by atoms with Crippen molar-refractivity contribution in [3.05, 3.63) is 45.0 Å². The zero-order chi connectivity index (χ0) is 23.8. The van der Waals surface area contributed by atoms with E-state index >= 15 is 0 Å². The van der Waals surface area contributed by atoms with Gasteiger partial charge in [0.2, 0.25) is 0 Å². The van der Waals surface area contributed by atoms with Gasteiger partial charge in [0.05, 0.1) is 5.39 Å². The number of fused-ring (bicyclic) bond motifs is 3. The second-order valence-corrected chi connectivity index (χ2v) is 12.0. The van der Waals surface area contributed by atoms with Crippen LogP contribution >= 0.6 is 27.3 Å². The van der Waals surface area contributed by atoms with Crippen molar-refractivity contribution in [2.45, 2.75) is 46.5 Å². The molecule has 0 radical (unpaired) electrons. The van der Waals surface area contributed by atoms with E-state index in [0.29, 0.717) is 19.0 Å². The summed E-state index contributed by atoms with van der Waals surface area (Å²) in [7, 11) is 0. The summed E-state index contributed by atoms with van der Waals surface area (Å²) >= 11 is 5.31. The van der Waals surface area contributed by atoms with Gasteiger partial charge in [-0.1, -0.05) is 36.7 Å². The maximum atomic E-state index is 12.8. The van der Waals surface area contributed by atoms with E-state index in [-0.39, 0.29) is 6.03 Å². The van der Waals surface area contributed by atoms with Crippen LogP contribution in [0.5, 0.6) is 0 Å². The first-order chi connectivity index (χ1) is 16.4. The molecule has 1 saturated heterocycles. The van der Waals surface area contributed by atoms with E-state index in [2.05, 4.69) is 46.9 Å². The summed E-state index contributed by atoms with van der Waals surface area (Å²) in [5.74, 6) is 3.28. The van der Waals surface area contributed by atoms with Gasteiger partial charge in [-0.2, -0.15) is 0 Å². The van der Waals surface area contributed by atoms with Crippen LogP contribution in [0.4, 0.5) is 16.3 Å². The molecule has 2 aromatic heterocycles. The van der Waals surface area contributed by atoms with Crippen LogP contribution in [0, 0.1) is 11.8 Å². The number of nitrogens with zero attached hydrogens (tertiary/aromatic N) is 4. The van der Waals surface area contributed by atoms with Gasteiger partial charge in [0, 0.05) is 47.6 Å². The van der Waals surface area contributed by atoms with Crippen molar-refractivity contribution in [3.8, 4) is 0 Å². The highest BCUT2D eigenvalue weighted by Crippen LogP contribution is 2.41. The summed E-state index contributed by atoms with van der Waals surface area (Å²) in [4.78, 5) is 29.9. The molecule has 34 heavy (non-hydrogen) atoms. The minimum Gasteiger partial charge on any atom is -0.352 e. The normalized spacial score (nSPS) is 18.4. The number of piperazine rings is 1. The molecule has 1 atom stereocenters. The minimum absolute atomic E-state index is 0.0443. The zero-order valence-corrected chi connectivity index (χ0v) is 22.5. The molecule has 1 aliphatic carbocycles. The van der Waals surface area contributed by atoms with E-state index in [0.717, 1.165) is 64.9 Å². The van der Waals surface area contributed by atoms with Crippen LogP contribution in [-0.2, 0) is 19.3 Å². The molecule has 0 spiro atoms. The molecular weight excluding hydrogens is 510 g/mol. The Balaban J connectivity index is 1.37. The lowest BCUT2D eigenvalue weighted by molar-refractivity contribution is 0.208. The number of benzene rings is 1. The Morgan fingerprint density at radius 3 is 2.62 bits per heavy atom. The van der Waals surface area contributed by atoms with Crippen molar-refractivity contribution in [3.63, 3.8) is 0 Å². The Kier molecular flexibility index (Phi) is 6.80. The summed E-state index contributed by atoms with van der Waals surface area (Å²) in [6.45, 7) is 9.70. The number of nitrogens with one attached hydrogen (secondary N) is 1. The van der Waals surface area contributed by atoms with Gasteiger partial charge in [-0.05, 0) is 60.9 Å². The number of amides is 2. The highest BCUT2D eigenvalue weighted by atomic mass is 79.9. The molecular formula is C26H32BrN5OS. The van der Waals surface area contributed by atoms with Gasteiger partial charge < -0.3 is 15.1 Å². The number of thiophene rings is 1. The molecule has 180 valence electrons. The molecule has 1 aromatic carbocycles. The fourth-order valence-corrected chi connectivity index (χ4v) is 6.57. The first kappa shape index (κ1) is 23.5. The molecule has 1 aliphatic heterocycles. The Bertz CT molecular complexity index is 1180. The predicted molar refractivity (Wildman–Crippen MR) is 144 cm³/mol. The molecule has 1 unspecified atom stereocenters. The second-order valence-electron chi connectivity index (χ2n) is 10.0. The van der Waals surface area contributed by atoms with Crippen LogP contribution in [0.25, 0.3) is 10.2 Å². The standard InChI is InChI=1S/C26H32BrN5OS/c1-16(2)14-22-29-24(23-20-9-4-17(3)15-21(20)34-25(23)30-22)31-10-12-32(13-11-31)26(33)28-19-7-5-18(27)6-8-19/h5-8,16-17H,4,9-15H2,1-3H3,(H,28,33). The van der Waals surface area contributed by atoms with Gasteiger partial charge in [0.25, 0.3) is 0 Å². The van der Waals surface area contributed by atoms with Crippen LogP contribution in [0.2, 0.25) is 0 Å². The molecule has 3 aromatic rings. The van der Waals surface area contributed by atoms with Crippen molar-refractivity contribution in [1.29, 1.82) is 0 Å². The van der Waals surface area contributed by atoms with Crippen LogP contribution < -0.4 is 10.2 Å². The van der Waals surface area contributed by atoms with Crippen molar-refractivity contribution in [2.75, 3.05) is 36.4 Å². The molecule has 6 nitrogen and oxygen atoms in total. The topological polar surface area (TPSA) is 61.4 Å². The van der Waals surface area contributed by atoms with Crippen molar-refractivity contribution >= 4 is 55.0 Å². The average Bonchev–Trinajstić information content (AvgIpc) is 3.17. The van der Waals surface area contributed by atoms with E-state index in [1.807, 2.05) is 40.5 Å². The molecule has 5 rings (SSSR count). The van der Waals surface area contributed by atoms with E-state index in [1.165, 1.54) is 22.2 Å². The number of hydrogen-bond donors (Lipinski definition) is 1. The monoisotopic (exact) mass is 541 g/mol. The molecule has 0 bridgehead atoms. The van der Waals surface area contributed by atoms with Gasteiger partial charge in [-0.3, -0.25) is 0 Å². The van der Waals surface area contributed by atoms with Crippen molar-refractivity contribution in [2.24, 2.45) is 11.8 Å². The number of carbonyl (C=O) groups is 1. The number of urea groups is 1. The quantitative estimate of drug-likeness (QED) is 0.431. The number of anilines is 2. The maximum absolute atomic E-state index is 12.8. The first-order valence-electron chi connectivity index (χ1n) is 12.2. The number of carbonyl (C=O) groups excluding carboxylic acids is 1. The van der Waals surface area contributed by atoms with Crippen LogP contribution in [-0.4, -0.2) is 47.1 Å². The summed E-state index contributed by atoms with van der Waals surface area (Å²) in [5, 5.41) is 4.29. The summed E-state index contributed by atoms with van der Waals surface area (Å²) in [6, 6.07) is 7.65. The van der Waals surface area contributed by atoms with Crippen LogP contribution in [0.3, 0.4) is 0 Å². The fraction of sp³-hybridized carbons (Fsp3) is 0.500. The molecule has 1 N–H and O–H groups in total. The Hall–Kier alpha value is -2.19. The third kappa shape index (κ3) is 4.93. The highest BCUT2D eigenvalue weighted by Gasteiger charge is 2.28. The lowest BCUT2D eigenvalue weighted by atomic mass is 9.89. The van der Waals surface area contributed by atoms with E-state index in [1.54, 1.807) is 0 Å². The lowest BCUT2D eigenvalue weighted by Gasteiger charge is -2.36. The zero-order valence-electron chi connectivity index (χ0n) is 20.1. The smallest absolute Gasteiger partial charge is 0.321 e. The first-order valence-corrected chi connectivity index (χ1v) is 13.9. The average molecular weight is 543 g/mol. The molecule has 8 heteroatoms. The molecule has 2 amide bonds. The van der Waals surface area contributed by atoms with E-state index < -0.39 is 0 Å². The number of aryl methyl sites for hydroxylation is 1. The number of halogens is 1. The fourth-order valence-electron chi connectivity index (χ4n) is 4.91. The van der Waals surface area contributed by atoms with E-state index in [9.17, 15) is 4.79 Å². The number of hydrogen-bond acceptors (Lipinski definition) is 5. The SMILES string of the molecule is CC(C)Cc1nc(N2CCN(C(=O)Nc3ccc(Br)cc3)CC2)c2c3c(sc2n1)CC(C)CC3. The van der Waals surface area contributed by atoms with Gasteiger partial charge >= 0.3 is 6.03 Å². The minimum atomic E-state index is -0.0443. The number of aromatic nitrogens is 2. The molecule has 3 heterocycles. The number of rotatable bonds is 4. The van der Waals surface area contributed by atoms with Gasteiger partial charge in [0.15, 0.2) is 0 Å². The summed E-state index contributed by atoms with van der Waals surface area (Å²) in [5.41, 5.74) is 2.28. The Labute approximate surface area is 213 Å². The van der Waals surface area contributed by atoms with E-state index in [4.69, 9.17) is 9.97 Å². The third-order valence-corrected chi connectivity index (χ3v) is 8.41. The van der Waals surface area contributed by atoms with Crippen molar-refractivity contribution in [1.82, 2.24) is 14.9 Å². The maximum Gasteiger partial charge on any atom is 0.321 e. The summed E-state index contributed by atoms with van der Waals surface area (Å²) < 4.78 is 0.997. The van der Waals surface area contributed by atoms with Gasteiger partial charge in [-0.25, -0.2) is 14.8 Å². The van der Waals surface area contributed by atoms with Crippen molar-refractivity contribution < 1.29 is 4.79 Å². The predicted octanol–water partition coefficient (Wildman–Crippen LogP) is 6.13. The van der Waals surface area contributed by atoms with Crippen LogP contribution in [0.1, 0.15) is 43.5 Å².